The number of hydrogen-bond donors (Lipinski definition) is 2. The van der Waals surface area contributed by atoms with Crippen LogP contribution in [0.15, 0.2) is 24.3 Å². The summed E-state index contributed by atoms with van der Waals surface area (Å²) in [6.45, 7) is 4.03. The van der Waals surface area contributed by atoms with Gasteiger partial charge < -0.3 is 10.6 Å². The van der Waals surface area contributed by atoms with Gasteiger partial charge in [-0.3, -0.25) is 19.3 Å². The predicted octanol–water partition coefficient (Wildman–Crippen LogP) is 3.04. The van der Waals surface area contributed by atoms with Crippen LogP contribution < -0.4 is 15.5 Å². The second-order valence-corrected chi connectivity index (χ2v) is 6.96. The lowest BCUT2D eigenvalue weighted by molar-refractivity contribution is -0.117. The van der Waals surface area contributed by atoms with Crippen LogP contribution in [0.4, 0.5) is 16.5 Å². The van der Waals surface area contributed by atoms with Gasteiger partial charge in [0.25, 0.3) is 5.91 Å². The Morgan fingerprint density at radius 1 is 1.19 bits per heavy atom. The summed E-state index contributed by atoms with van der Waals surface area (Å²) >= 11 is 1.25. The van der Waals surface area contributed by atoms with Crippen LogP contribution in [0, 0.1) is 0 Å². The first-order valence-corrected chi connectivity index (χ1v) is 9.28. The molecule has 0 atom stereocenters. The van der Waals surface area contributed by atoms with Gasteiger partial charge in [-0.2, -0.15) is 0 Å². The van der Waals surface area contributed by atoms with Gasteiger partial charge in [0.15, 0.2) is 5.13 Å². The number of aromatic nitrogens is 1. The van der Waals surface area contributed by atoms with Crippen molar-refractivity contribution in [2.75, 3.05) is 22.1 Å². The Morgan fingerprint density at radius 3 is 2.38 bits per heavy atom. The lowest BCUT2D eigenvalue weighted by Gasteiger charge is -2.10. The van der Waals surface area contributed by atoms with Crippen molar-refractivity contribution in [2.45, 2.75) is 33.1 Å². The molecule has 26 heavy (non-hydrogen) atoms. The van der Waals surface area contributed by atoms with Crippen molar-refractivity contribution < 1.29 is 14.4 Å². The van der Waals surface area contributed by atoms with Gasteiger partial charge in [-0.05, 0) is 37.1 Å². The molecule has 2 N–H and O–H groups in total. The van der Waals surface area contributed by atoms with Crippen LogP contribution in [0.5, 0.6) is 0 Å². The second kappa shape index (κ2) is 7.65. The van der Waals surface area contributed by atoms with E-state index in [2.05, 4.69) is 15.6 Å². The molecule has 3 amide bonds. The first-order chi connectivity index (χ1) is 12.5. The van der Waals surface area contributed by atoms with Crippen molar-refractivity contribution in [1.29, 1.82) is 0 Å². The van der Waals surface area contributed by atoms with Crippen molar-refractivity contribution >= 4 is 45.6 Å². The highest BCUT2D eigenvalue weighted by Gasteiger charge is 2.27. The molecule has 1 aromatic heterocycles. The molecule has 0 saturated carbocycles. The third-order valence-electron chi connectivity index (χ3n) is 3.99. The standard InChI is InChI=1S/C18H20N4O3S/c1-3-14-16(26-18(21-14)22-10-4-5-15(22)24)17(25)20-13-8-6-12(7-9-13)19-11(2)23/h6-9H,3-5,10H2,1-2H3,(H,19,23)(H,20,25). The van der Waals surface area contributed by atoms with Crippen molar-refractivity contribution in [3.63, 3.8) is 0 Å². The fourth-order valence-corrected chi connectivity index (χ4v) is 3.84. The molecule has 0 bridgehead atoms. The molecule has 2 heterocycles. The molecule has 136 valence electrons. The second-order valence-electron chi connectivity index (χ2n) is 5.99. The summed E-state index contributed by atoms with van der Waals surface area (Å²) in [6.07, 6.45) is 1.97. The van der Waals surface area contributed by atoms with Crippen LogP contribution in [-0.2, 0) is 16.0 Å². The highest BCUT2D eigenvalue weighted by atomic mass is 32.1. The number of rotatable bonds is 5. The molecule has 1 aromatic carbocycles. The van der Waals surface area contributed by atoms with Crippen LogP contribution >= 0.6 is 11.3 Å². The summed E-state index contributed by atoms with van der Waals surface area (Å²) in [7, 11) is 0. The van der Waals surface area contributed by atoms with Crippen LogP contribution in [0.3, 0.4) is 0 Å². The molecule has 0 radical (unpaired) electrons. The van der Waals surface area contributed by atoms with Gasteiger partial charge in [-0.15, -0.1) is 0 Å². The number of hydrogen-bond acceptors (Lipinski definition) is 5. The highest BCUT2D eigenvalue weighted by Crippen LogP contribution is 2.30. The van der Waals surface area contributed by atoms with Gasteiger partial charge in [0.2, 0.25) is 11.8 Å². The van der Waals surface area contributed by atoms with Crippen molar-refractivity contribution in [1.82, 2.24) is 4.98 Å². The number of thiazole rings is 1. The Morgan fingerprint density at radius 2 is 1.85 bits per heavy atom. The Kier molecular flexibility index (Phi) is 5.32. The van der Waals surface area contributed by atoms with E-state index in [9.17, 15) is 14.4 Å². The smallest absolute Gasteiger partial charge is 0.267 e. The maximum Gasteiger partial charge on any atom is 0.267 e. The van der Waals surface area contributed by atoms with Gasteiger partial charge in [0, 0.05) is 31.3 Å². The summed E-state index contributed by atoms with van der Waals surface area (Å²) in [4.78, 5) is 42.3. The predicted molar refractivity (Wildman–Crippen MR) is 102 cm³/mol. The van der Waals surface area contributed by atoms with Gasteiger partial charge in [-0.1, -0.05) is 18.3 Å². The average molecular weight is 372 g/mol. The number of amides is 3. The van der Waals surface area contributed by atoms with Crippen molar-refractivity contribution in [3.05, 3.63) is 34.8 Å². The minimum Gasteiger partial charge on any atom is -0.326 e. The third kappa shape index (κ3) is 3.91. The maximum absolute atomic E-state index is 12.7. The number of nitrogens with one attached hydrogen (secondary N) is 2. The zero-order valence-electron chi connectivity index (χ0n) is 14.7. The fraction of sp³-hybridized carbons (Fsp3) is 0.333. The number of aryl methyl sites for hydroxylation is 1. The van der Waals surface area contributed by atoms with Gasteiger partial charge in [0.1, 0.15) is 4.88 Å². The lowest BCUT2D eigenvalue weighted by Crippen LogP contribution is -2.23. The molecular weight excluding hydrogens is 352 g/mol. The molecule has 1 fully saturated rings. The molecule has 0 unspecified atom stereocenters. The number of carbonyl (C=O) groups excluding carboxylic acids is 3. The Hall–Kier alpha value is -2.74. The minimum atomic E-state index is -0.246. The molecular formula is C18H20N4O3S. The summed E-state index contributed by atoms with van der Waals surface area (Å²) in [5.74, 6) is -0.338. The monoisotopic (exact) mass is 372 g/mol. The number of benzene rings is 1. The molecule has 0 aliphatic carbocycles. The summed E-state index contributed by atoms with van der Waals surface area (Å²) < 4.78 is 0. The van der Waals surface area contributed by atoms with Crippen molar-refractivity contribution in [3.8, 4) is 0 Å². The van der Waals surface area contributed by atoms with Crippen LogP contribution in [0.1, 0.15) is 42.1 Å². The molecule has 3 rings (SSSR count). The van der Waals surface area contributed by atoms with Crippen LogP contribution in [0.25, 0.3) is 0 Å². The molecule has 1 saturated heterocycles. The van der Waals surface area contributed by atoms with Gasteiger partial charge in [-0.25, -0.2) is 4.98 Å². The maximum atomic E-state index is 12.7. The van der Waals surface area contributed by atoms with E-state index in [4.69, 9.17) is 0 Å². The van der Waals surface area contributed by atoms with E-state index in [1.165, 1.54) is 18.3 Å². The molecule has 2 aromatic rings. The van der Waals surface area contributed by atoms with E-state index in [1.54, 1.807) is 29.2 Å². The zero-order valence-corrected chi connectivity index (χ0v) is 15.5. The van der Waals surface area contributed by atoms with E-state index in [0.29, 0.717) is 46.5 Å². The molecule has 7 nitrogen and oxygen atoms in total. The quantitative estimate of drug-likeness (QED) is 0.844. The molecule has 8 heteroatoms. The highest BCUT2D eigenvalue weighted by molar-refractivity contribution is 7.18. The van der Waals surface area contributed by atoms with Crippen molar-refractivity contribution in [2.24, 2.45) is 0 Å². The van der Waals surface area contributed by atoms with Gasteiger partial charge in [0.05, 0.1) is 5.69 Å². The van der Waals surface area contributed by atoms with Crippen LogP contribution in [-0.4, -0.2) is 29.3 Å². The Bertz CT molecular complexity index is 845. The summed E-state index contributed by atoms with van der Waals surface area (Å²) in [5, 5.41) is 6.11. The SMILES string of the molecule is CCc1nc(N2CCCC2=O)sc1C(=O)Nc1ccc(NC(C)=O)cc1. The molecule has 1 aliphatic heterocycles. The Balaban J connectivity index is 1.75. The van der Waals surface area contributed by atoms with E-state index >= 15 is 0 Å². The lowest BCUT2D eigenvalue weighted by atomic mass is 10.2. The van der Waals surface area contributed by atoms with Crippen LogP contribution in [0.2, 0.25) is 0 Å². The first kappa shape index (κ1) is 18.1. The zero-order chi connectivity index (χ0) is 18.7. The molecule has 0 spiro atoms. The van der Waals surface area contributed by atoms with E-state index < -0.39 is 0 Å². The normalized spacial score (nSPS) is 13.8. The number of anilines is 3. The third-order valence-corrected chi connectivity index (χ3v) is 5.11. The summed E-state index contributed by atoms with van der Waals surface area (Å²) in [5.41, 5.74) is 1.98. The minimum absolute atomic E-state index is 0.0573. The average Bonchev–Trinajstić information content (AvgIpc) is 3.21. The van der Waals surface area contributed by atoms with E-state index in [1.807, 2.05) is 6.92 Å². The summed E-state index contributed by atoms with van der Waals surface area (Å²) in [6, 6.07) is 6.89. The number of nitrogens with zero attached hydrogens (tertiary/aromatic N) is 2. The van der Waals surface area contributed by atoms with E-state index in [-0.39, 0.29) is 17.7 Å². The topological polar surface area (TPSA) is 91.4 Å². The largest absolute Gasteiger partial charge is 0.326 e. The molecule has 1 aliphatic rings. The Labute approximate surface area is 155 Å². The fourth-order valence-electron chi connectivity index (χ4n) is 2.75. The van der Waals surface area contributed by atoms with E-state index in [0.717, 1.165) is 6.42 Å². The first-order valence-electron chi connectivity index (χ1n) is 8.47. The number of carbonyl (C=O) groups is 3. The van der Waals surface area contributed by atoms with Gasteiger partial charge >= 0.3 is 0 Å².